The Labute approximate surface area is 138 Å². The number of piperazine rings is 1. The molecule has 1 fully saturated rings. The fourth-order valence-corrected chi connectivity index (χ4v) is 3.37. The molecule has 1 aromatic carbocycles. The van der Waals surface area contributed by atoms with E-state index in [4.69, 9.17) is 10.5 Å². The lowest BCUT2D eigenvalue weighted by molar-refractivity contribution is -0.139. The van der Waals surface area contributed by atoms with Crippen LogP contribution >= 0.6 is 0 Å². The lowest BCUT2D eigenvalue weighted by atomic mass is 10.1. The molecular formula is C18H27N3O2. The summed E-state index contributed by atoms with van der Waals surface area (Å²) in [5, 5.41) is 0. The molecule has 2 heterocycles. The SMILES string of the molecule is NCCCCCN1CCN(C(=O)C2Cc3ccccc3O2)CC1. The summed E-state index contributed by atoms with van der Waals surface area (Å²) < 4.78 is 5.82. The standard InChI is InChI=1S/C18H27N3O2/c19-8-4-1-5-9-20-10-12-21(13-11-20)18(22)17-14-15-6-2-3-7-16(15)23-17/h2-3,6-7,17H,1,4-5,8-14,19H2. The summed E-state index contributed by atoms with van der Waals surface area (Å²) in [5.41, 5.74) is 6.66. The Bertz CT molecular complexity index is 502. The number of fused-ring (bicyclic) bond motifs is 1. The van der Waals surface area contributed by atoms with E-state index in [1.54, 1.807) is 0 Å². The van der Waals surface area contributed by atoms with Gasteiger partial charge in [0, 0.05) is 32.6 Å². The van der Waals surface area contributed by atoms with Crippen LogP contribution in [0.4, 0.5) is 0 Å². The van der Waals surface area contributed by atoms with Crippen molar-refractivity contribution < 1.29 is 9.53 Å². The van der Waals surface area contributed by atoms with Crippen LogP contribution in [0.2, 0.25) is 0 Å². The van der Waals surface area contributed by atoms with E-state index in [0.717, 1.165) is 57.0 Å². The first kappa shape index (κ1) is 16.3. The van der Waals surface area contributed by atoms with Gasteiger partial charge in [0.05, 0.1) is 0 Å². The number of hydrogen-bond acceptors (Lipinski definition) is 4. The van der Waals surface area contributed by atoms with Gasteiger partial charge in [-0.15, -0.1) is 0 Å². The van der Waals surface area contributed by atoms with Crippen molar-refractivity contribution in [3.63, 3.8) is 0 Å². The molecule has 1 unspecified atom stereocenters. The van der Waals surface area contributed by atoms with E-state index in [2.05, 4.69) is 4.90 Å². The number of hydrogen-bond donors (Lipinski definition) is 1. The second-order valence-corrected chi connectivity index (χ2v) is 6.43. The van der Waals surface area contributed by atoms with Crippen molar-refractivity contribution >= 4 is 5.91 Å². The maximum absolute atomic E-state index is 12.6. The molecule has 5 heteroatoms. The third kappa shape index (κ3) is 4.03. The number of amides is 1. The molecule has 1 amide bonds. The molecular weight excluding hydrogens is 290 g/mol. The van der Waals surface area contributed by atoms with Gasteiger partial charge in [0.1, 0.15) is 5.75 Å². The molecule has 2 N–H and O–H groups in total. The van der Waals surface area contributed by atoms with Gasteiger partial charge in [-0.1, -0.05) is 24.6 Å². The first-order valence-electron chi connectivity index (χ1n) is 8.73. The molecule has 5 nitrogen and oxygen atoms in total. The minimum absolute atomic E-state index is 0.143. The zero-order valence-electron chi connectivity index (χ0n) is 13.7. The number of rotatable bonds is 6. The third-order valence-electron chi connectivity index (χ3n) is 4.79. The van der Waals surface area contributed by atoms with E-state index in [-0.39, 0.29) is 12.0 Å². The fraction of sp³-hybridized carbons (Fsp3) is 0.611. The molecule has 0 aromatic heterocycles. The average molecular weight is 317 g/mol. The van der Waals surface area contributed by atoms with E-state index in [9.17, 15) is 4.79 Å². The number of ether oxygens (including phenoxy) is 1. The second-order valence-electron chi connectivity index (χ2n) is 6.43. The Morgan fingerprint density at radius 1 is 1.13 bits per heavy atom. The fourth-order valence-electron chi connectivity index (χ4n) is 3.37. The zero-order chi connectivity index (χ0) is 16.1. The summed E-state index contributed by atoms with van der Waals surface area (Å²) in [6.07, 6.45) is 3.88. The van der Waals surface area contributed by atoms with Crippen molar-refractivity contribution in [2.24, 2.45) is 5.73 Å². The highest BCUT2D eigenvalue weighted by Crippen LogP contribution is 2.29. The van der Waals surface area contributed by atoms with E-state index < -0.39 is 0 Å². The molecule has 1 atom stereocenters. The van der Waals surface area contributed by atoms with Crippen LogP contribution in [0.1, 0.15) is 24.8 Å². The number of nitrogens with two attached hydrogens (primary N) is 1. The highest BCUT2D eigenvalue weighted by molar-refractivity contribution is 5.82. The van der Waals surface area contributed by atoms with Crippen molar-refractivity contribution in [1.82, 2.24) is 9.80 Å². The number of benzene rings is 1. The number of carbonyl (C=O) groups is 1. The van der Waals surface area contributed by atoms with Gasteiger partial charge in [0.15, 0.2) is 6.10 Å². The summed E-state index contributed by atoms with van der Waals surface area (Å²) in [6.45, 7) is 5.46. The van der Waals surface area contributed by atoms with Gasteiger partial charge in [-0.05, 0) is 37.6 Å². The molecule has 1 aromatic rings. The Morgan fingerprint density at radius 2 is 1.91 bits per heavy atom. The lowest BCUT2D eigenvalue weighted by Gasteiger charge is -2.35. The van der Waals surface area contributed by atoms with E-state index in [1.807, 2.05) is 29.2 Å². The minimum atomic E-state index is -0.330. The Kier molecular flexibility index (Phi) is 5.51. The number of unbranched alkanes of at least 4 members (excludes halogenated alkanes) is 2. The largest absolute Gasteiger partial charge is 0.480 e. The maximum Gasteiger partial charge on any atom is 0.264 e. The third-order valence-corrected chi connectivity index (χ3v) is 4.79. The van der Waals surface area contributed by atoms with Gasteiger partial charge in [0.25, 0.3) is 5.91 Å². The van der Waals surface area contributed by atoms with Crippen molar-refractivity contribution in [2.45, 2.75) is 31.8 Å². The smallest absolute Gasteiger partial charge is 0.264 e. The lowest BCUT2D eigenvalue weighted by Crippen LogP contribution is -2.52. The topological polar surface area (TPSA) is 58.8 Å². The molecule has 0 aliphatic carbocycles. The van der Waals surface area contributed by atoms with E-state index in [1.165, 1.54) is 12.8 Å². The quantitative estimate of drug-likeness (QED) is 0.803. The molecule has 0 bridgehead atoms. The predicted octanol–water partition coefficient (Wildman–Crippen LogP) is 1.26. The van der Waals surface area contributed by atoms with Crippen LogP contribution in [0, 0.1) is 0 Å². The highest BCUT2D eigenvalue weighted by Gasteiger charge is 2.33. The number of nitrogens with zero attached hydrogens (tertiary/aromatic N) is 2. The molecule has 0 radical (unpaired) electrons. The van der Waals surface area contributed by atoms with Crippen LogP contribution < -0.4 is 10.5 Å². The number of carbonyl (C=O) groups excluding carboxylic acids is 1. The molecule has 2 aliphatic heterocycles. The van der Waals surface area contributed by atoms with Crippen LogP contribution in [0.25, 0.3) is 0 Å². The summed E-state index contributed by atoms with van der Waals surface area (Å²) in [7, 11) is 0. The van der Waals surface area contributed by atoms with Crippen LogP contribution in [0.5, 0.6) is 5.75 Å². The van der Waals surface area contributed by atoms with Crippen LogP contribution in [0.15, 0.2) is 24.3 Å². The highest BCUT2D eigenvalue weighted by atomic mass is 16.5. The Balaban J connectivity index is 1.43. The van der Waals surface area contributed by atoms with Gasteiger partial charge in [0.2, 0.25) is 0 Å². The minimum Gasteiger partial charge on any atom is -0.480 e. The zero-order valence-corrected chi connectivity index (χ0v) is 13.7. The molecule has 0 spiro atoms. The molecule has 0 saturated carbocycles. The first-order valence-corrected chi connectivity index (χ1v) is 8.73. The molecule has 2 aliphatic rings. The molecule has 1 saturated heterocycles. The van der Waals surface area contributed by atoms with Crippen LogP contribution in [-0.2, 0) is 11.2 Å². The predicted molar refractivity (Wildman–Crippen MR) is 90.5 cm³/mol. The van der Waals surface area contributed by atoms with Crippen molar-refractivity contribution in [3.05, 3.63) is 29.8 Å². The van der Waals surface area contributed by atoms with Gasteiger partial charge < -0.3 is 15.4 Å². The van der Waals surface area contributed by atoms with Gasteiger partial charge in [-0.25, -0.2) is 0 Å². The van der Waals surface area contributed by atoms with Gasteiger partial charge in [-0.2, -0.15) is 0 Å². The van der Waals surface area contributed by atoms with E-state index >= 15 is 0 Å². The van der Waals surface area contributed by atoms with Crippen molar-refractivity contribution in [1.29, 1.82) is 0 Å². The Hall–Kier alpha value is -1.59. The van der Waals surface area contributed by atoms with Crippen LogP contribution in [0.3, 0.4) is 0 Å². The van der Waals surface area contributed by atoms with Crippen molar-refractivity contribution in [2.75, 3.05) is 39.3 Å². The maximum atomic E-state index is 12.6. The molecule has 23 heavy (non-hydrogen) atoms. The van der Waals surface area contributed by atoms with Gasteiger partial charge in [-0.3, -0.25) is 9.69 Å². The monoisotopic (exact) mass is 317 g/mol. The normalized spacial score (nSPS) is 21.1. The van der Waals surface area contributed by atoms with Gasteiger partial charge >= 0.3 is 0 Å². The average Bonchev–Trinajstić information content (AvgIpc) is 3.03. The summed E-state index contributed by atoms with van der Waals surface area (Å²) in [5.74, 6) is 1.01. The number of para-hydroxylation sites is 1. The second kappa shape index (κ2) is 7.79. The van der Waals surface area contributed by atoms with Crippen LogP contribution in [-0.4, -0.2) is 61.1 Å². The summed E-state index contributed by atoms with van der Waals surface area (Å²) >= 11 is 0. The Morgan fingerprint density at radius 3 is 2.65 bits per heavy atom. The molecule has 3 rings (SSSR count). The summed E-state index contributed by atoms with van der Waals surface area (Å²) in [4.78, 5) is 17.1. The van der Waals surface area contributed by atoms with Crippen molar-refractivity contribution in [3.8, 4) is 5.75 Å². The summed E-state index contributed by atoms with van der Waals surface area (Å²) in [6, 6.07) is 7.94. The van der Waals surface area contributed by atoms with E-state index in [0.29, 0.717) is 6.42 Å². The molecule has 126 valence electrons. The first-order chi connectivity index (χ1) is 11.3.